The summed E-state index contributed by atoms with van der Waals surface area (Å²) in [7, 11) is -2.24. The fourth-order valence-electron chi connectivity index (χ4n) is 3.42. The first-order chi connectivity index (χ1) is 14.1. The number of methoxy groups -OCH3 is 1. The van der Waals surface area contributed by atoms with Gasteiger partial charge in [-0.3, -0.25) is 4.31 Å². The number of anilines is 1. The smallest absolute Gasteiger partial charge is 0.265 e. The number of hydrogen-bond acceptors (Lipinski definition) is 3. The Labute approximate surface area is 171 Å². The van der Waals surface area contributed by atoms with E-state index in [0.717, 1.165) is 10.9 Å². The minimum absolute atomic E-state index is 0.244. The summed E-state index contributed by atoms with van der Waals surface area (Å²) in [6.45, 7) is 0.244. The number of para-hydroxylation sites is 1. The average Bonchev–Trinajstić information content (AvgIpc) is 2.77. The maximum atomic E-state index is 13.8. The molecule has 0 fully saturated rings. The van der Waals surface area contributed by atoms with E-state index >= 15 is 0 Å². The highest BCUT2D eigenvalue weighted by Crippen LogP contribution is 2.34. The third-order valence-corrected chi connectivity index (χ3v) is 6.68. The molecule has 0 aliphatic carbocycles. The Hall–Kier alpha value is -3.31. The van der Waals surface area contributed by atoms with E-state index in [4.69, 9.17) is 4.74 Å². The lowest BCUT2D eigenvalue weighted by molar-refractivity contribution is 0.419. The second-order valence-corrected chi connectivity index (χ2v) is 8.48. The number of hydrogen-bond donors (Lipinski definition) is 0. The third-order valence-electron chi connectivity index (χ3n) is 4.85. The van der Waals surface area contributed by atoms with Gasteiger partial charge in [0, 0.05) is 10.8 Å². The Balaban J connectivity index is 1.89. The lowest BCUT2D eigenvalue weighted by atomic mass is 10.1. The Kier molecular flexibility index (Phi) is 5.23. The standard InChI is InChI=1S/C24H21NO3S/c1-28-23-16-17-24(22-15-9-8-14-21(22)23)29(26,27)25(20-12-6-3-7-13-20)18-19-10-4-2-5-11-19/h2-17H,18H2,1H3. The van der Waals surface area contributed by atoms with Crippen LogP contribution in [0.25, 0.3) is 10.8 Å². The van der Waals surface area contributed by atoms with Crippen LogP contribution in [-0.4, -0.2) is 15.5 Å². The maximum absolute atomic E-state index is 13.8. The molecule has 0 spiro atoms. The minimum atomic E-state index is -3.83. The van der Waals surface area contributed by atoms with E-state index in [-0.39, 0.29) is 11.4 Å². The van der Waals surface area contributed by atoms with Crippen LogP contribution in [0.3, 0.4) is 0 Å². The van der Waals surface area contributed by atoms with Gasteiger partial charge in [-0.2, -0.15) is 0 Å². The summed E-state index contributed by atoms with van der Waals surface area (Å²) >= 11 is 0. The number of benzene rings is 4. The zero-order chi connectivity index (χ0) is 20.3. The molecule has 0 aromatic heterocycles. The molecule has 146 valence electrons. The van der Waals surface area contributed by atoms with Crippen molar-refractivity contribution < 1.29 is 13.2 Å². The van der Waals surface area contributed by atoms with E-state index < -0.39 is 10.0 Å². The van der Waals surface area contributed by atoms with Gasteiger partial charge in [-0.25, -0.2) is 8.42 Å². The monoisotopic (exact) mass is 403 g/mol. The predicted molar refractivity (Wildman–Crippen MR) is 117 cm³/mol. The van der Waals surface area contributed by atoms with Crippen LogP contribution in [0.1, 0.15) is 5.56 Å². The summed E-state index contributed by atoms with van der Waals surface area (Å²) in [4.78, 5) is 0.258. The highest BCUT2D eigenvalue weighted by molar-refractivity contribution is 7.93. The zero-order valence-corrected chi connectivity index (χ0v) is 16.8. The Morgan fingerprint density at radius 2 is 1.31 bits per heavy atom. The average molecular weight is 404 g/mol. The molecule has 5 heteroatoms. The summed E-state index contributed by atoms with van der Waals surface area (Å²) in [6, 6.07) is 29.5. The van der Waals surface area contributed by atoms with Crippen LogP contribution >= 0.6 is 0 Å². The quantitative estimate of drug-likeness (QED) is 0.442. The molecule has 0 N–H and O–H groups in total. The maximum Gasteiger partial charge on any atom is 0.265 e. The van der Waals surface area contributed by atoms with Crippen molar-refractivity contribution in [3.05, 3.63) is 103 Å². The molecule has 4 aromatic carbocycles. The van der Waals surface area contributed by atoms with E-state index in [9.17, 15) is 8.42 Å². The number of nitrogens with zero attached hydrogens (tertiary/aromatic N) is 1. The molecule has 0 radical (unpaired) electrons. The van der Waals surface area contributed by atoms with E-state index in [1.807, 2.05) is 84.9 Å². The van der Waals surface area contributed by atoms with Crippen molar-refractivity contribution in [2.45, 2.75) is 11.4 Å². The molecule has 4 rings (SSSR count). The van der Waals surface area contributed by atoms with Gasteiger partial charge in [0.1, 0.15) is 5.75 Å². The van der Waals surface area contributed by atoms with Gasteiger partial charge >= 0.3 is 0 Å². The number of rotatable bonds is 6. The fourth-order valence-corrected chi connectivity index (χ4v) is 5.08. The predicted octanol–water partition coefficient (Wildman–Crippen LogP) is 5.24. The second kappa shape index (κ2) is 7.97. The van der Waals surface area contributed by atoms with Crippen molar-refractivity contribution in [3.8, 4) is 5.75 Å². The summed E-state index contributed by atoms with van der Waals surface area (Å²) in [5.74, 6) is 0.647. The van der Waals surface area contributed by atoms with E-state index in [1.54, 1.807) is 19.2 Å². The molecule has 0 aliphatic heterocycles. The summed E-state index contributed by atoms with van der Waals surface area (Å²) in [6.07, 6.45) is 0. The lowest BCUT2D eigenvalue weighted by Crippen LogP contribution is -2.30. The fraction of sp³-hybridized carbons (Fsp3) is 0.0833. The van der Waals surface area contributed by atoms with Crippen LogP contribution in [0.4, 0.5) is 5.69 Å². The van der Waals surface area contributed by atoms with Gasteiger partial charge in [0.2, 0.25) is 0 Å². The summed E-state index contributed by atoms with van der Waals surface area (Å²) in [5, 5.41) is 1.41. The Morgan fingerprint density at radius 3 is 1.97 bits per heavy atom. The molecule has 0 saturated heterocycles. The molecule has 0 atom stereocenters. The lowest BCUT2D eigenvalue weighted by Gasteiger charge is -2.25. The number of ether oxygens (including phenoxy) is 1. The molecule has 0 unspecified atom stereocenters. The van der Waals surface area contributed by atoms with Crippen molar-refractivity contribution in [1.82, 2.24) is 0 Å². The first-order valence-electron chi connectivity index (χ1n) is 9.29. The highest BCUT2D eigenvalue weighted by atomic mass is 32.2. The highest BCUT2D eigenvalue weighted by Gasteiger charge is 2.27. The van der Waals surface area contributed by atoms with Crippen LogP contribution in [0.2, 0.25) is 0 Å². The SMILES string of the molecule is COc1ccc(S(=O)(=O)N(Cc2ccccc2)c2ccccc2)c2ccccc12. The first kappa shape index (κ1) is 19.0. The van der Waals surface area contributed by atoms with Gasteiger partial charge in [0.25, 0.3) is 10.0 Å². The molecule has 0 bridgehead atoms. The van der Waals surface area contributed by atoms with E-state index in [0.29, 0.717) is 16.8 Å². The summed E-state index contributed by atoms with van der Waals surface area (Å²) < 4.78 is 34.6. The van der Waals surface area contributed by atoms with Crippen molar-refractivity contribution in [1.29, 1.82) is 0 Å². The molecule has 0 amide bonds. The van der Waals surface area contributed by atoms with Gasteiger partial charge in [-0.05, 0) is 29.8 Å². The van der Waals surface area contributed by atoms with Crippen molar-refractivity contribution in [2.24, 2.45) is 0 Å². The van der Waals surface area contributed by atoms with Crippen LogP contribution in [0.15, 0.2) is 102 Å². The van der Waals surface area contributed by atoms with Gasteiger partial charge in [-0.1, -0.05) is 72.8 Å². The summed E-state index contributed by atoms with van der Waals surface area (Å²) in [5.41, 5.74) is 1.54. The van der Waals surface area contributed by atoms with Crippen LogP contribution in [0.5, 0.6) is 5.75 Å². The van der Waals surface area contributed by atoms with Crippen LogP contribution in [-0.2, 0) is 16.6 Å². The zero-order valence-electron chi connectivity index (χ0n) is 16.0. The number of sulfonamides is 1. The van der Waals surface area contributed by atoms with E-state index in [2.05, 4.69) is 0 Å². The largest absolute Gasteiger partial charge is 0.496 e. The molecular weight excluding hydrogens is 382 g/mol. The molecule has 4 nitrogen and oxygen atoms in total. The minimum Gasteiger partial charge on any atom is -0.496 e. The topological polar surface area (TPSA) is 46.6 Å². The van der Waals surface area contributed by atoms with Gasteiger partial charge in [0.05, 0.1) is 24.2 Å². The molecule has 29 heavy (non-hydrogen) atoms. The third kappa shape index (κ3) is 3.69. The number of fused-ring (bicyclic) bond motifs is 1. The molecule has 0 heterocycles. The Bertz CT molecular complexity index is 1220. The molecular formula is C24H21NO3S. The van der Waals surface area contributed by atoms with Gasteiger partial charge in [-0.15, -0.1) is 0 Å². The Morgan fingerprint density at radius 1 is 0.724 bits per heavy atom. The van der Waals surface area contributed by atoms with E-state index in [1.165, 1.54) is 4.31 Å². The normalized spacial score (nSPS) is 11.3. The van der Waals surface area contributed by atoms with Crippen molar-refractivity contribution >= 4 is 26.5 Å². The first-order valence-corrected chi connectivity index (χ1v) is 10.7. The molecule has 0 aliphatic rings. The molecule has 4 aromatic rings. The van der Waals surface area contributed by atoms with Crippen LogP contribution < -0.4 is 9.04 Å². The van der Waals surface area contributed by atoms with Gasteiger partial charge < -0.3 is 4.74 Å². The molecule has 0 saturated carbocycles. The second-order valence-electron chi connectivity index (χ2n) is 6.64. The van der Waals surface area contributed by atoms with Crippen molar-refractivity contribution in [3.63, 3.8) is 0 Å². The van der Waals surface area contributed by atoms with Gasteiger partial charge in [0.15, 0.2) is 0 Å². The van der Waals surface area contributed by atoms with Crippen molar-refractivity contribution in [2.75, 3.05) is 11.4 Å². The van der Waals surface area contributed by atoms with Crippen LogP contribution in [0, 0.1) is 0 Å².